The fraction of sp³-hybridized carbons (Fsp3) is 0.143. The van der Waals surface area contributed by atoms with E-state index in [2.05, 4.69) is 64.3 Å². The summed E-state index contributed by atoms with van der Waals surface area (Å²) in [7, 11) is 0. The Morgan fingerprint density at radius 1 is 1.12 bits per heavy atom. The van der Waals surface area contributed by atoms with Gasteiger partial charge in [-0.1, -0.05) is 28.1 Å². The van der Waals surface area contributed by atoms with Gasteiger partial charge >= 0.3 is 0 Å². The predicted octanol–water partition coefficient (Wildman–Crippen LogP) is 6.47. The van der Waals surface area contributed by atoms with E-state index in [9.17, 15) is 5.26 Å². The number of nitrogens with one attached hydrogen (secondary N) is 1. The number of benzene rings is 2. The van der Waals surface area contributed by atoms with Crippen molar-refractivity contribution >= 4 is 38.5 Å². The molecular formula is C21H18BrN3S. The molecule has 2 aromatic carbocycles. The Labute approximate surface area is 166 Å². The van der Waals surface area contributed by atoms with Crippen molar-refractivity contribution in [3.05, 3.63) is 74.1 Å². The minimum Gasteiger partial charge on any atom is -0.360 e. The van der Waals surface area contributed by atoms with E-state index >= 15 is 0 Å². The lowest BCUT2D eigenvalue weighted by molar-refractivity contribution is 1.31. The highest BCUT2D eigenvalue weighted by Gasteiger charge is 2.10. The van der Waals surface area contributed by atoms with Crippen molar-refractivity contribution in [2.45, 2.75) is 20.8 Å². The number of aryl methyl sites for hydroxylation is 3. The van der Waals surface area contributed by atoms with Gasteiger partial charge in [-0.2, -0.15) is 5.26 Å². The molecule has 0 amide bonds. The van der Waals surface area contributed by atoms with Crippen LogP contribution in [-0.4, -0.2) is 4.98 Å². The van der Waals surface area contributed by atoms with Gasteiger partial charge in [-0.3, -0.25) is 0 Å². The predicted molar refractivity (Wildman–Crippen MR) is 113 cm³/mol. The van der Waals surface area contributed by atoms with Gasteiger partial charge in [0.25, 0.3) is 0 Å². The number of halogens is 1. The number of allylic oxidation sites excluding steroid dienone is 1. The average Bonchev–Trinajstić information content (AvgIpc) is 3.09. The molecule has 0 bridgehead atoms. The van der Waals surface area contributed by atoms with Crippen LogP contribution in [0.2, 0.25) is 0 Å². The van der Waals surface area contributed by atoms with Crippen LogP contribution in [0.4, 0.5) is 5.69 Å². The summed E-state index contributed by atoms with van der Waals surface area (Å²) in [5.41, 5.74) is 7.05. The quantitative estimate of drug-likeness (QED) is 0.488. The van der Waals surface area contributed by atoms with E-state index in [1.807, 2.05) is 30.5 Å². The molecule has 0 spiro atoms. The van der Waals surface area contributed by atoms with E-state index in [4.69, 9.17) is 0 Å². The molecule has 26 heavy (non-hydrogen) atoms. The highest BCUT2D eigenvalue weighted by Crippen LogP contribution is 2.28. The minimum absolute atomic E-state index is 0.521. The summed E-state index contributed by atoms with van der Waals surface area (Å²) >= 11 is 4.94. The zero-order chi connectivity index (χ0) is 18.7. The molecule has 0 radical (unpaired) electrons. The first-order valence-corrected chi connectivity index (χ1v) is 9.81. The standard InChI is InChI=1S/C21H18BrN3S/c1-13-4-5-16(8-14(13)2)20-12-26-21(25-20)17(10-23)11-24-19-7-6-18(22)9-15(19)3/h4-9,11-12,24H,1-3H3/b17-11+. The first-order chi connectivity index (χ1) is 12.5. The normalized spacial score (nSPS) is 11.3. The molecule has 3 rings (SSSR count). The Balaban J connectivity index is 1.86. The summed E-state index contributed by atoms with van der Waals surface area (Å²) < 4.78 is 1.03. The number of hydrogen-bond acceptors (Lipinski definition) is 4. The minimum atomic E-state index is 0.521. The Bertz CT molecular complexity index is 1030. The number of thiazole rings is 1. The Hall–Kier alpha value is -2.42. The molecular weight excluding hydrogens is 406 g/mol. The van der Waals surface area contributed by atoms with Crippen LogP contribution in [0.3, 0.4) is 0 Å². The summed E-state index contributed by atoms with van der Waals surface area (Å²) in [5.74, 6) is 0. The fourth-order valence-corrected chi connectivity index (χ4v) is 3.78. The van der Waals surface area contributed by atoms with Crippen molar-refractivity contribution in [3.8, 4) is 17.3 Å². The third-order valence-corrected chi connectivity index (χ3v) is 5.59. The Morgan fingerprint density at radius 3 is 2.62 bits per heavy atom. The number of anilines is 1. The van der Waals surface area contributed by atoms with Crippen LogP contribution in [0.1, 0.15) is 21.7 Å². The van der Waals surface area contributed by atoms with E-state index in [0.29, 0.717) is 10.6 Å². The van der Waals surface area contributed by atoms with Gasteiger partial charge in [0, 0.05) is 27.3 Å². The van der Waals surface area contributed by atoms with Gasteiger partial charge in [-0.25, -0.2) is 4.98 Å². The highest BCUT2D eigenvalue weighted by molar-refractivity contribution is 9.10. The van der Waals surface area contributed by atoms with Gasteiger partial charge in [0.1, 0.15) is 16.6 Å². The third kappa shape index (κ3) is 4.04. The molecule has 0 aliphatic rings. The van der Waals surface area contributed by atoms with Crippen molar-refractivity contribution < 1.29 is 0 Å². The molecule has 1 aromatic heterocycles. The van der Waals surface area contributed by atoms with Crippen LogP contribution in [-0.2, 0) is 0 Å². The molecule has 0 atom stereocenters. The van der Waals surface area contributed by atoms with Crippen molar-refractivity contribution in [3.63, 3.8) is 0 Å². The monoisotopic (exact) mass is 423 g/mol. The SMILES string of the molecule is Cc1ccc(-c2csc(/C(C#N)=C/Nc3ccc(Br)cc3C)n2)cc1C. The second kappa shape index (κ2) is 7.86. The summed E-state index contributed by atoms with van der Waals surface area (Å²) in [6.07, 6.45) is 1.72. The van der Waals surface area contributed by atoms with Gasteiger partial charge in [0.15, 0.2) is 0 Å². The van der Waals surface area contributed by atoms with Crippen LogP contribution in [0, 0.1) is 32.1 Å². The second-order valence-corrected chi connectivity index (χ2v) is 7.88. The van der Waals surface area contributed by atoms with Crippen LogP contribution < -0.4 is 5.32 Å². The summed E-state index contributed by atoms with van der Waals surface area (Å²) in [4.78, 5) is 4.65. The van der Waals surface area contributed by atoms with Crippen molar-refractivity contribution in [2.24, 2.45) is 0 Å². The molecule has 0 aliphatic carbocycles. The highest BCUT2D eigenvalue weighted by atomic mass is 79.9. The molecule has 0 saturated carbocycles. The fourth-order valence-electron chi connectivity index (χ4n) is 2.51. The van der Waals surface area contributed by atoms with Crippen LogP contribution >= 0.6 is 27.3 Å². The van der Waals surface area contributed by atoms with E-state index < -0.39 is 0 Å². The number of nitrogens with zero attached hydrogens (tertiary/aromatic N) is 2. The maximum atomic E-state index is 9.53. The molecule has 5 heteroatoms. The van der Waals surface area contributed by atoms with Gasteiger partial charge in [0.05, 0.1) is 5.69 Å². The van der Waals surface area contributed by atoms with E-state index in [1.54, 1.807) is 6.20 Å². The lowest BCUT2D eigenvalue weighted by Crippen LogP contribution is -1.93. The summed E-state index contributed by atoms with van der Waals surface area (Å²) in [5, 5.41) is 15.5. The molecule has 3 nitrogen and oxygen atoms in total. The molecule has 0 unspecified atom stereocenters. The van der Waals surface area contributed by atoms with Gasteiger partial charge in [0.2, 0.25) is 0 Å². The Kier molecular flexibility index (Phi) is 5.55. The van der Waals surface area contributed by atoms with Crippen LogP contribution in [0.15, 0.2) is 52.5 Å². The summed E-state index contributed by atoms with van der Waals surface area (Å²) in [6.45, 7) is 6.21. The lowest BCUT2D eigenvalue weighted by atomic mass is 10.1. The number of nitriles is 1. The molecule has 0 saturated heterocycles. The number of hydrogen-bond donors (Lipinski definition) is 1. The summed E-state index contributed by atoms with van der Waals surface area (Å²) in [6, 6.07) is 14.5. The van der Waals surface area contributed by atoms with Gasteiger partial charge in [-0.15, -0.1) is 11.3 Å². The van der Waals surface area contributed by atoms with E-state index in [-0.39, 0.29) is 0 Å². The zero-order valence-corrected chi connectivity index (χ0v) is 17.2. The maximum absolute atomic E-state index is 9.53. The largest absolute Gasteiger partial charge is 0.360 e. The maximum Gasteiger partial charge on any atom is 0.136 e. The van der Waals surface area contributed by atoms with E-state index in [1.165, 1.54) is 22.5 Å². The third-order valence-electron chi connectivity index (χ3n) is 4.22. The molecule has 1 N–H and O–H groups in total. The second-order valence-electron chi connectivity index (χ2n) is 6.11. The molecule has 0 aliphatic heterocycles. The molecule has 0 fully saturated rings. The van der Waals surface area contributed by atoms with Crippen LogP contribution in [0.5, 0.6) is 0 Å². The number of aromatic nitrogens is 1. The number of rotatable bonds is 4. The molecule has 130 valence electrons. The van der Waals surface area contributed by atoms with Crippen molar-refractivity contribution in [2.75, 3.05) is 5.32 Å². The molecule has 1 heterocycles. The zero-order valence-electron chi connectivity index (χ0n) is 14.8. The van der Waals surface area contributed by atoms with Gasteiger partial charge in [-0.05, 0) is 61.7 Å². The smallest absolute Gasteiger partial charge is 0.136 e. The average molecular weight is 424 g/mol. The van der Waals surface area contributed by atoms with Crippen molar-refractivity contribution in [1.29, 1.82) is 5.26 Å². The first kappa shape index (κ1) is 18.4. The first-order valence-electron chi connectivity index (χ1n) is 8.14. The van der Waals surface area contributed by atoms with E-state index in [0.717, 1.165) is 27.0 Å². The van der Waals surface area contributed by atoms with Crippen molar-refractivity contribution in [1.82, 2.24) is 4.98 Å². The lowest BCUT2D eigenvalue weighted by Gasteiger charge is -2.06. The topological polar surface area (TPSA) is 48.7 Å². The van der Waals surface area contributed by atoms with Crippen LogP contribution in [0.25, 0.3) is 16.8 Å². The Morgan fingerprint density at radius 2 is 1.92 bits per heavy atom. The van der Waals surface area contributed by atoms with Gasteiger partial charge < -0.3 is 5.32 Å². The molecule has 3 aromatic rings.